The summed E-state index contributed by atoms with van der Waals surface area (Å²) in [5, 5.41) is 0. The van der Waals surface area contributed by atoms with Crippen molar-refractivity contribution >= 4 is 0 Å². The molecule has 0 bridgehead atoms. The van der Waals surface area contributed by atoms with Gasteiger partial charge in [-0.25, -0.2) is 0 Å². The summed E-state index contributed by atoms with van der Waals surface area (Å²) in [6.07, 6.45) is 4.09. The first-order chi connectivity index (χ1) is 4.79. The zero-order chi connectivity index (χ0) is 7.14. The van der Waals surface area contributed by atoms with Gasteiger partial charge in [-0.05, 0) is 38.8 Å². The van der Waals surface area contributed by atoms with Crippen LogP contribution in [-0.4, -0.2) is 30.6 Å². The normalized spacial score (nSPS) is 37.2. The Balaban J connectivity index is 1.85. The van der Waals surface area contributed by atoms with Crippen molar-refractivity contribution in [2.45, 2.75) is 31.3 Å². The molecule has 1 heterocycles. The van der Waals surface area contributed by atoms with Gasteiger partial charge in [0.25, 0.3) is 0 Å². The van der Waals surface area contributed by atoms with Gasteiger partial charge in [0.1, 0.15) is 0 Å². The summed E-state index contributed by atoms with van der Waals surface area (Å²) >= 11 is 0. The Morgan fingerprint density at radius 2 is 2.10 bits per heavy atom. The van der Waals surface area contributed by atoms with Crippen LogP contribution in [0.3, 0.4) is 0 Å². The third-order valence-corrected chi connectivity index (χ3v) is 2.95. The molecule has 2 unspecified atom stereocenters. The molecule has 0 radical (unpaired) electrons. The van der Waals surface area contributed by atoms with Crippen LogP contribution in [0.2, 0.25) is 0 Å². The number of hydrogen-bond donors (Lipinski definition) is 1. The van der Waals surface area contributed by atoms with E-state index < -0.39 is 0 Å². The highest BCUT2D eigenvalue weighted by molar-refractivity contribution is 4.96. The standard InChI is InChI=1S/C8H16N2/c1-10-5-4-7(10)8(9)6-2-3-6/h6-8H,2-5,9H2,1H3. The lowest BCUT2D eigenvalue weighted by Gasteiger charge is -2.41. The Morgan fingerprint density at radius 1 is 1.40 bits per heavy atom. The molecule has 0 aromatic carbocycles. The maximum Gasteiger partial charge on any atom is 0.0259 e. The molecule has 2 N–H and O–H groups in total. The van der Waals surface area contributed by atoms with Crippen molar-refractivity contribution in [3.8, 4) is 0 Å². The molecule has 1 saturated carbocycles. The molecule has 2 aliphatic rings. The third-order valence-electron chi connectivity index (χ3n) is 2.95. The van der Waals surface area contributed by atoms with Gasteiger partial charge in [0, 0.05) is 12.1 Å². The van der Waals surface area contributed by atoms with Crippen LogP contribution in [0.15, 0.2) is 0 Å². The number of rotatable bonds is 2. The Labute approximate surface area is 62.4 Å². The van der Waals surface area contributed by atoms with Crippen LogP contribution in [0.1, 0.15) is 19.3 Å². The first-order valence-corrected chi connectivity index (χ1v) is 4.25. The molecule has 0 aromatic rings. The molecule has 0 aromatic heterocycles. The second-order valence-electron chi connectivity index (χ2n) is 3.75. The van der Waals surface area contributed by atoms with Gasteiger partial charge in [-0.2, -0.15) is 0 Å². The summed E-state index contributed by atoms with van der Waals surface area (Å²) in [6.45, 7) is 1.26. The number of likely N-dealkylation sites (tertiary alicyclic amines) is 1. The van der Waals surface area contributed by atoms with Gasteiger partial charge < -0.3 is 10.6 Å². The van der Waals surface area contributed by atoms with Gasteiger partial charge >= 0.3 is 0 Å². The monoisotopic (exact) mass is 140 g/mol. The molecular formula is C8H16N2. The quantitative estimate of drug-likeness (QED) is 0.602. The molecular weight excluding hydrogens is 124 g/mol. The lowest BCUT2D eigenvalue weighted by atomic mass is 9.93. The van der Waals surface area contributed by atoms with E-state index >= 15 is 0 Å². The molecule has 2 heteroatoms. The number of nitrogens with two attached hydrogens (primary N) is 1. The molecule has 1 saturated heterocycles. The highest BCUT2D eigenvalue weighted by Gasteiger charge is 2.38. The molecule has 2 fully saturated rings. The molecule has 10 heavy (non-hydrogen) atoms. The van der Waals surface area contributed by atoms with Crippen molar-refractivity contribution < 1.29 is 0 Å². The maximum atomic E-state index is 6.03. The molecule has 2 atom stereocenters. The minimum absolute atomic E-state index is 0.485. The van der Waals surface area contributed by atoms with E-state index in [1.54, 1.807) is 0 Å². The van der Waals surface area contributed by atoms with Gasteiger partial charge in [-0.15, -0.1) is 0 Å². The fourth-order valence-corrected chi connectivity index (χ4v) is 1.82. The van der Waals surface area contributed by atoms with Crippen molar-refractivity contribution in [3.63, 3.8) is 0 Å². The smallest absolute Gasteiger partial charge is 0.0259 e. The van der Waals surface area contributed by atoms with E-state index in [4.69, 9.17) is 5.73 Å². The minimum Gasteiger partial charge on any atom is -0.326 e. The van der Waals surface area contributed by atoms with E-state index in [1.165, 1.54) is 25.8 Å². The SMILES string of the molecule is CN1CCC1C(N)C1CC1. The van der Waals surface area contributed by atoms with Crippen LogP contribution in [0, 0.1) is 5.92 Å². The van der Waals surface area contributed by atoms with Gasteiger partial charge in [-0.1, -0.05) is 0 Å². The first-order valence-electron chi connectivity index (χ1n) is 4.25. The Bertz CT molecular complexity index is 129. The third kappa shape index (κ3) is 0.956. The van der Waals surface area contributed by atoms with E-state index in [0.717, 1.165) is 5.92 Å². The highest BCUT2D eigenvalue weighted by atomic mass is 15.2. The Hall–Kier alpha value is -0.0800. The molecule has 0 spiro atoms. The molecule has 2 nitrogen and oxygen atoms in total. The van der Waals surface area contributed by atoms with Crippen molar-refractivity contribution in [3.05, 3.63) is 0 Å². The van der Waals surface area contributed by atoms with Crippen molar-refractivity contribution in [2.75, 3.05) is 13.6 Å². The summed E-state index contributed by atoms with van der Waals surface area (Å²) in [6, 6.07) is 1.20. The van der Waals surface area contributed by atoms with Crippen LogP contribution in [0.4, 0.5) is 0 Å². The van der Waals surface area contributed by atoms with Crippen LogP contribution in [-0.2, 0) is 0 Å². The predicted molar refractivity (Wildman–Crippen MR) is 41.7 cm³/mol. The highest BCUT2D eigenvalue weighted by Crippen LogP contribution is 2.36. The van der Waals surface area contributed by atoms with E-state index in [9.17, 15) is 0 Å². The zero-order valence-electron chi connectivity index (χ0n) is 6.59. The van der Waals surface area contributed by atoms with Crippen molar-refractivity contribution in [2.24, 2.45) is 11.7 Å². The minimum atomic E-state index is 0.485. The molecule has 2 rings (SSSR count). The zero-order valence-corrected chi connectivity index (χ0v) is 6.59. The van der Waals surface area contributed by atoms with Gasteiger partial charge in [0.15, 0.2) is 0 Å². The van der Waals surface area contributed by atoms with Crippen molar-refractivity contribution in [1.82, 2.24) is 4.90 Å². The van der Waals surface area contributed by atoms with Gasteiger partial charge in [0.05, 0.1) is 0 Å². The fourth-order valence-electron chi connectivity index (χ4n) is 1.82. The summed E-state index contributed by atoms with van der Waals surface area (Å²) < 4.78 is 0. The first kappa shape index (κ1) is 6.62. The summed E-state index contributed by atoms with van der Waals surface area (Å²) in [5.74, 6) is 0.868. The average molecular weight is 140 g/mol. The lowest BCUT2D eigenvalue weighted by molar-refractivity contribution is 0.0955. The molecule has 58 valence electrons. The summed E-state index contributed by atoms with van der Waals surface area (Å²) in [5.41, 5.74) is 6.03. The predicted octanol–water partition coefficient (Wildman–Crippen LogP) is 0.428. The largest absolute Gasteiger partial charge is 0.326 e. The van der Waals surface area contributed by atoms with Gasteiger partial charge in [0.2, 0.25) is 0 Å². The van der Waals surface area contributed by atoms with Crippen LogP contribution in [0.5, 0.6) is 0 Å². The van der Waals surface area contributed by atoms with E-state index in [2.05, 4.69) is 11.9 Å². The van der Waals surface area contributed by atoms with Crippen molar-refractivity contribution in [1.29, 1.82) is 0 Å². The van der Waals surface area contributed by atoms with Crippen LogP contribution < -0.4 is 5.73 Å². The second kappa shape index (κ2) is 2.21. The average Bonchev–Trinajstić information content (AvgIpc) is 2.65. The molecule has 0 amide bonds. The summed E-state index contributed by atoms with van der Waals surface area (Å²) in [7, 11) is 2.18. The Morgan fingerprint density at radius 3 is 2.40 bits per heavy atom. The summed E-state index contributed by atoms with van der Waals surface area (Å²) in [4.78, 5) is 2.38. The van der Waals surface area contributed by atoms with E-state index in [0.29, 0.717) is 12.1 Å². The molecule has 1 aliphatic carbocycles. The van der Waals surface area contributed by atoms with E-state index in [1.807, 2.05) is 0 Å². The van der Waals surface area contributed by atoms with Gasteiger partial charge in [-0.3, -0.25) is 0 Å². The van der Waals surface area contributed by atoms with Crippen LogP contribution in [0.25, 0.3) is 0 Å². The fraction of sp³-hybridized carbons (Fsp3) is 1.00. The van der Waals surface area contributed by atoms with Crippen LogP contribution >= 0.6 is 0 Å². The number of likely N-dealkylation sites (N-methyl/N-ethyl adjacent to an activating group) is 1. The Kier molecular flexibility index (Phi) is 1.46. The number of nitrogens with zero attached hydrogens (tertiary/aromatic N) is 1. The maximum absolute atomic E-state index is 6.03. The lowest BCUT2D eigenvalue weighted by Crippen LogP contribution is -2.55. The second-order valence-corrected chi connectivity index (χ2v) is 3.75. The molecule has 1 aliphatic heterocycles. The van der Waals surface area contributed by atoms with E-state index in [-0.39, 0.29) is 0 Å². The number of hydrogen-bond acceptors (Lipinski definition) is 2. The topological polar surface area (TPSA) is 29.3 Å².